The van der Waals surface area contributed by atoms with E-state index in [1.165, 1.54) is 11.8 Å². The molecule has 0 aromatic heterocycles. The van der Waals surface area contributed by atoms with Gasteiger partial charge in [-0.05, 0) is 55.2 Å². The summed E-state index contributed by atoms with van der Waals surface area (Å²) >= 11 is 6.69. The van der Waals surface area contributed by atoms with Gasteiger partial charge < -0.3 is 5.32 Å². The molecule has 0 bridgehead atoms. The standard InChI is InChI=1S/C22H22N2O2S2/c1-15-7-5-10-18(13-15)23-20(25)11-6-12-24-21(26)19(28-22(24)27)14-17-9-4-3-8-16(17)2/h3-5,7-10,13-14H,6,11-12H2,1-2H3,(H,23,25)/b19-14-. The van der Waals surface area contributed by atoms with Crippen LogP contribution in [0.25, 0.3) is 6.08 Å². The van der Waals surface area contributed by atoms with Crippen LogP contribution in [0.1, 0.15) is 29.5 Å². The van der Waals surface area contributed by atoms with Crippen LogP contribution in [0.3, 0.4) is 0 Å². The number of benzene rings is 2. The quantitative estimate of drug-likeness (QED) is 0.542. The third-order valence-corrected chi connectivity index (χ3v) is 5.81. The number of thiocarbonyl (C=S) groups is 1. The highest BCUT2D eigenvalue weighted by molar-refractivity contribution is 8.26. The number of rotatable bonds is 6. The van der Waals surface area contributed by atoms with Crippen LogP contribution in [0.5, 0.6) is 0 Å². The first-order valence-corrected chi connectivity index (χ1v) is 10.3. The first kappa shape index (κ1) is 20.3. The summed E-state index contributed by atoms with van der Waals surface area (Å²) in [5.74, 6) is -0.149. The third kappa shape index (κ3) is 5.09. The summed E-state index contributed by atoms with van der Waals surface area (Å²) in [6, 6.07) is 15.6. The van der Waals surface area contributed by atoms with E-state index < -0.39 is 0 Å². The molecule has 1 N–H and O–H groups in total. The molecule has 1 saturated heterocycles. The molecule has 6 heteroatoms. The van der Waals surface area contributed by atoms with E-state index in [0.29, 0.717) is 28.6 Å². The van der Waals surface area contributed by atoms with Crippen LogP contribution in [0, 0.1) is 13.8 Å². The lowest BCUT2D eigenvalue weighted by Crippen LogP contribution is -2.29. The summed E-state index contributed by atoms with van der Waals surface area (Å²) < 4.78 is 0.545. The normalized spacial score (nSPS) is 15.4. The minimum absolute atomic E-state index is 0.0634. The van der Waals surface area contributed by atoms with Gasteiger partial charge in [0, 0.05) is 18.7 Å². The highest BCUT2D eigenvalue weighted by Crippen LogP contribution is 2.33. The first-order valence-electron chi connectivity index (χ1n) is 9.11. The number of thioether (sulfide) groups is 1. The lowest BCUT2D eigenvalue weighted by molar-refractivity contribution is -0.122. The lowest BCUT2D eigenvalue weighted by atomic mass is 10.1. The predicted molar refractivity (Wildman–Crippen MR) is 120 cm³/mol. The zero-order valence-electron chi connectivity index (χ0n) is 15.9. The maximum absolute atomic E-state index is 12.7. The molecule has 2 aromatic rings. The molecule has 0 saturated carbocycles. The van der Waals surface area contributed by atoms with Crippen molar-refractivity contribution in [3.63, 3.8) is 0 Å². The number of anilines is 1. The first-order chi connectivity index (χ1) is 13.4. The average Bonchev–Trinajstić information content (AvgIpc) is 2.91. The maximum atomic E-state index is 12.7. The fraction of sp³-hybridized carbons (Fsp3) is 0.227. The summed E-state index contributed by atoms with van der Waals surface area (Å²) in [5.41, 5.74) is 4.01. The second kappa shape index (κ2) is 9.17. The largest absolute Gasteiger partial charge is 0.326 e. The summed E-state index contributed by atoms with van der Waals surface area (Å²) in [6.45, 7) is 4.44. The molecule has 2 aromatic carbocycles. The molecule has 1 heterocycles. The monoisotopic (exact) mass is 410 g/mol. The summed E-state index contributed by atoms with van der Waals surface area (Å²) in [4.78, 5) is 27.0. The minimum atomic E-state index is -0.0858. The van der Waals surface area contributed by atoms with E-state index in [0.717, 1.165) is 22.4 Å². The van der Waals surface area contributed by atoms with Crippen LogP contribution in [0.15, 0.2) is 53.4 Å². The molecular weight excluding hydrogens is 388 g/mol. The number of nitrogens with one attached hydrogen (secondary N) is 1. The van der Waals surface area contributed by atoms with Gasteiger partial charge in [-0.25, -0.2) is 0 Å². The Labute approximate surface area is 175 Å². The molecule has 0 radical (unpaired) electrons. The fourth-order valence-corrected chi connectivity index (χ4v) is 4.23. The van der Waals surface area contributed by atoms with Crippen LogP contribution in [-0.2, 0) is 9.59 Å². The van der Waals surface area contributed by atoms with Gasteiger partial charge in [0.1, 0.15) is 4.32 Å². The number of amides is 2. The molecular formula is C22H22N2O2S2. The van der Waals surface area contributed by atoms with Crippen molar-refractivity contribution in [3.05, 3.63) is 70.1 Å². The third-order valence-electron chi connectivity index (χ3n) is 4.44. The van der Waals surface area contributed by atoms with Crippen LogP contribution in [0.4, 0.5) is 5.69 Å². The predicted octanol–water partition coefficient (Wildman–Crippen LogP) is 4.92. The van der Waals surface area contributed by atoms with Crippen LogP contribution in [0.2, 0.25) is 0 Å². The van der Waals surface area contributed by atoms with E-state index in [4.69, 9.17) is 12.2 Å². The Morgan fingerprint density at radius 1 is 1.18 bits per heavy atom. The van der Waals surface area contributed by atoms with Gasteiger partial charge >= 0.3 is 0 Å². The van der Waals surface area contributed by atoms with Crippen LogP contribution in [-0.4, -0.2) is 27.6 Å². The SMILES string of the molecule is Cc1cccc(NC(=O)CCCN2C(=O)/C(=C/c3ccccc3C)SC2=S)c1. The molecule has 1 aliphatic heterocycles. The molecule has 3 rings (SSSR count). The molecule has 28 heavy (non-hydrogen) atoms. The van der Waals surface area contributed by atoms with Crippen molar-refractivity contribution in [1.82, 2.24) is 4.90 Å². The second-order valence-electron chi connectivity index (χ2n) is 6.71. The molecule has 0 aliphatic carbocycles. The zero-order chi connectivity index (χ0) is 20.1. The smallest absolute Gasteiger partial charge is 0.266 e. The number of hydrogen-bond acceptors (Lipinski definition) is 4. The van der Waals surface area contributed by atoms with Crippen molar-refractivity contribution in [1.29, 1.82) is 0 Å². The Balaban J connectivity index is 1.55. The summed E-state index contributed by atoms with van der Waals surface area (Å²) in [7, 11) is 0. The van der Waals surface area contributed by atoms with Crippen LogP contribution >= 0.6 is 24.0 Å². The Kier molecular flexibility index (Phi) is 6.65. The van der Waals surface area contributed by atoms with E-state index in [2.05, 4.69) is 5.32 Å². The van der Waals surface area contributed by atoms with Gasteiger partial charge in [0.2, 0.25) is 5.91 Å². The van der Waals surface area contributed by atoms with E-state index in [-0.39, 0.29) is 11.8 Å². The maximum Gasteiger partial charge on any atom is 0.266 e. The van der Waals surface area contributed by atoms with Crippen molar-refractivity contribution in [2.24, 2.45) is 0 Å². The van der Waals surface area contributed by atoms with Crippen molar-refractivity contribution in [2.45, 2.75) is 26.7 Å². The highest BCUT2D eigenvalue weighted by Gasteiger charge is 2.31. The number of hydrogen-bond donors (Lipinski definition) is 1. The van der Waals surface area contributed by atoms with Crippen molar-refractivity contribution in [3.8, 4) is 0 Å². The van der Waals surface area contributed by atoms with Gasteiger partial charge in [-0.1, -0.05) is 60.4 Å². The van der Waals surface area contributed by atoms with E-state index in [1.54, 1.807) is 4.90 Å². The number of nitrogens with zero attached hydrogens (tertiary/aromatic N) is 1. The molecule has 0 unspecified atom stereocenters. The van der Waals surface area contributed by atoms with Gasteiger partial charge in [0.05, 0.1) is 4.91 Å². The zero-order valence-corrected chi connectivity index (χ0v) is 17.5. The topological polar surface area (TPSA) is 49.4 Å². The molecule has 144 valence electrons. The number of aryl methyl sites for hydroxylation is 2. The van der Waals surface area contributed by atoms with Gasteiger partial charge in [0.25, 0.3) is 5.91 Å². The lowest BCUT2D eigenvalue weighted by Gasteiger charge is -2.14. The molecule has 0 spiro atoms. The van der Waals surface area contributed by atoms with Crippen molar-refractivity contribution in [2.75, 3.05) is 11.9 Å². The number of carbonyl (C=O) groups excluding carboxylic acids is 2. The van der Waals surface area contributed by atoms with Crippen molar-refractivity contribution >= 4 is 51.9 Å². The van der Waals surface area contributed by atoms with Gasteiger partial charge in [-0.2, -0.15) is 0 Å². The molecule has 0 atom stereocenters. The van der Waals surface area contributed by atoms with Gasteiger partial charge in [0.15, 0.2) is 0 Å². The summed E-state index contributed by atoms with van der Waals surface area (Å²) in [6.07, 6.45) is 2.78. The Bertz CT molecular complexity index is 953. The Morgan fingerprint density at radius 2 is 1.96 bits per heavy atom. The minimum Gasteiger partial charge on any atom is -0.326 e. The summed E-state index contributed by atoms with van der Waals surface area (Å²) in [5, 5.41) is 2.89. The number of carbonyl (C=O) groups is 2. The second-order valence-corrected chi connectivity index (χ2v) is 8.39. The van der Waals surface area contributed by atoms with E-state index in [9.17, 15) is 9.59 Å². The van der Waals surface area contributed by atoms with Gasteiger partial charge in [-0.15, -0.1) is 0 Å². The molecule has 4 nitrogen and oxygen atoms in total. The van der Waals surface area contributed by atoms with E-state index in [1.807, 2.05) is 68.5 Å². The Morgan fingerprint density at radius 3 is 2.71 bits per heavy atom. The molecule has 1 fully saturated rings. The fourth-order valence-electron chi connectivity index (χ4n) is 2.93. The highest BCUT2D eigenvalue weighted by atomic mass is 32.2. The van der Waals surface area contributed by atoms with Crippen LogP contribution < -0.4 is 5.32 Å². The Hall–Kier alpha value is -2.44. The molecule has 2 amide bonds. The van der Waals surface area contributed by atoms with E-state index >= 15 is 0 Å². The van der Waals surface area contributed by atoms with Gasteiger partial charge in [-0.3, -0.25) is 14.5 Å². The molecule has 1 aliphatic rings. The average molecular weight is 411 g/mol. The van der Waals surface area contributed by atoms with Crippen molar-refractivity contribution < 1.29 is 9.59 Å².